The number of primary amides is 1. The van der Waals surface area contributed by atoms with Gasteiger partial charge in [0.05, 0.1) is 10.4 Å². The summed E-state index contributed by atoms with van der Waals surface area (Å²) in [5.74, 6) is -0.594. The predicted molar refractivity (Wildman–Crippen MR) is 58.9 cm³/mol. The van der Waals surface area contributed by atoms with Gasteiger partial charge < -0.3 is 5.73 Å². The maximum atomic E-state index is 11.0. The van der Waals surface area contributed by atoms with Crippen LogP contribution >= 0.6 is 22.9 Å². The lowest BCUT2D eigenvalue weighted by molar-refractivity contribution is 0.0995. The van der Waals surface area contributed by atoms with Gasteiger partial charge in [0, 0.05) is 6.20 Å². The quantitative estimate of drug-likeness (QED) is 0.815. The molecule has 1 amide bonds. The van der Waals surface area contributed by atoms with Crippen LogP contribution in [0.5, 0.6) is 0 Å². The van der Waals surface area contributed by atoms with Crippen molar-refractivity contribution in [2.45, 2.75) is 0 Å². The smallest absolute Gasteiger partial charge is 0.267 e. The Morgan fingerprint density at radius 3 is 2.87 bits per heavy atom. The molecule has 0 radical (unpaired) electrons. The Morgan fingerprint density at radius 1 is 1.47 bits per heavy atom. The Kier molecular flexibility index (Phi) is 2.66. The Hall–Kier alpha value is -1.46. The highest BCUT2D eigenvalue weighted by molar-refractivity contribution is 7.13. The summed E-state index contributed by atoms with van der Waals surface area (Å²) in [6.45, 7) is 0. The fourth-order valence-electron chi connectivity index (χ4n) is 1.12. The highest BCUT2D eigenvalue weighted by atomic mass is 35.5. The van der Waals surface area contributed by atoms with Crippen molar-refractivity contribution in [1.82, 2.24) is 9.97 Å². The first-order chi connectivity index (χ1) is 7.16. The number of pyridine rings is 1. The van der Waals surface area contributed by atoms with E-state index in [1.54, 1.807) is 23.8 Å². The molecule has 0 aliphatic carbocycles. The third kappa shape index (κ3) is 2.14. The molecule has 0 aromatic carbocycles. The van der Waals surface area contributed by atoms with Crippen molar-refractivity contribution in [3.05, 3.63) is 34.7 Å². The number of halogens is 1. The third-order valence-electron chi connectivity index (χ3n) is 1.76. The highest BCUT2D eigenvalue weighted by Crippen LogP contribution is 2.25. The SMILES string of the molecule is NC(=O)c1cc(-c2cncs2)cc(Cl)n1. The third-order valence-corrected chi connectivity index (χ3v) is 2.78. The van der Waals surface area contributed by atoms with Crippen LogP contribution in [0.4, 0.5) is 0 Å². The van der Waals surface area contributed by atoms with Crippen molar-refractivity contribution in [3.63, 3.8) is 0 Å². The topological polar surface area (TPSA) is 68.9 Å². The van der Waals surface area contributed by atoms with Gasteiger partial charge in [0.25, 0.3) is 5.91 Å². The monoisotopic (exact) mass is 239 g/mol. The summed E-state index contributed by atoms with van der Waals surface area (Å²) in [6, 6.07) is 3.27. The van der Waals surface area contributed by atoms with Crippen molar-refractivity contribution in [2.75, 3.05) is 0 Å². The molecule has 0 saturated heterocycles. The summed E-state index contributed by atoms with van der Waals surface area (Å²) in [7, 11) is 0. The van der Waals surface area contributed by atoms with E-state index in [9.17, 15) is 4.79 Å². The van der Waals surface area contributed by atoms with Crippen LogP contribution in [0.15, 0.2) is 23.8 Å². The molecule has 0 saturated carbocycles. The van der Waals surface area contributed by atoms with Gasteiger partial charge in [-0.2, -0.15) is 0 Å². The average molecular weight is 240 g/mol. The van der Waals surface area contributed by atoms with Gasteiger partial charge >= 0.3 is 0 Å². The molecule has 2 aromatic heterocycles. The first-order valence-electron chi connectivity index (χ1n) is 4.03. The first-order valence-corrected chi connectivity index (χ1v) is 5.29. The fourth-order valence-corrected chi connectivity index (χ4v) is 1.94. The number of carbonyl (C=O) groups is 1. The van der Waals surface area contributed by atoms with Gasteiger partial charge in [-0.1, -0.05) is 11.6 Å². The Balaban J connectivity index is 2.54. The van der Waals surface area contributed by atoms with Gasteiger partial charge in [-0.3, -0.25) is 9.78 Å². The number of amides is 1. The van der Waals surface area contributed by atoms with Gasteiger partial charge in [0.2, 0.25) is 0 Å². The number of rotatable bonds is 2. The molecule has 0 spiro atoms. The van der Waals surface area contributed by atoms with Crippen LogP contribution in [0.2, 0.25) is 5.15 Å². The van der Waals surface area contributed by atoms with Crippen LogP contribution in [-0.4, -0.2) is 15.9 Å². The van der Waals surface area contributed by atoms with Gasteiger partial charge in [0.15, 0.2) is 0 Å². The van der Waals surface area contributed by atoms with Gasteiger partial charge in [-0.15, -0.1) is 11.3 Å². The van der Waals surface area contributed by atoms with Crippen molar-refractivity contribution in [1.29, 1.82) is 0 Å². The Morgan fingerprint density at radius 2 is 2.27 bits per heavy atom. The molecule has 76 valence electrons. The number of nitrogens with zero attached hydrogens (tertiary/aromatic N) is 2. The Labute approximate surface area is 94.7 Å². The van der Waals surface area contributed by atoms with Crippen molar-refractivity contribution in [2.24, 2.45) is 5.73 Å². The second kappa shape index (κ2) is 3.96. The van der Waals surface area contributed by atoms with Crippen LogP contribution in [0, 0.1) is 0 Å². The molecule has 2 heterocycles. The molecule has 0 fully saturated rings. The molecule has 0 aliphatic heterocycles. The number of aromatic nitrogens is 2. The van der Waals surface area contributed by atoms with Crippen LogP contribution in [-0.2, 0) is 0 Å². The zero-order valence-electron chi connectivity index (χ0n) is 7.48. The highest BCUT2D eigenvalue weighted by Gasteiger charge is 2.08. The number of hydrogen-bond acceptors (Lipinski definition) is 4. The van der Waals surface area contributed by atoms with E-state index in [1.165, 1.54) is 11.3 Å². The largest absolute Gasteiger partial charge is 0.364 e. The summed E-state index contributed by atoms with van der Waals surface area (Å²) in [5.41, 5.74) is 7.79. The summed E-state index contributed by atoms with van der Waals surface area (Å²) < 4.78 is 0. The molecular weight excluding hydrogens is 234 g/mol. The summed E-state index contributed by atoms with van der Waals surface area (Å²) in [5, 5.41) is 0.245. The second-order valence-electron chi connectivity index (χ2n) is 2.79. The average Bonchev–Trinajstić information content (AvgIpc) is 2.69. The second-order valence-corrected chi connectivity index (χ2v) is 4.07. The molecule has 2 rings (SSSR count). The molecule has 2 N–H and O–H groups in total. The molecular formula is C9H6ClN3OS. The van der Waals surface area contributed by atoms with E-state index in [0.29, 0.717) is 0 Å². The van der Waals surface area contributed by atoms with Crippen LogP contribution < -0.4 is 5.73 Å². The number of nitrogens with two attached hydrogens (primary N) is 1. The normalized spacial score (nSPS) is 10.2. The summed E-state index contributed by atoms with van der Waals surface area (Å²) in [6.07, 6.45) is 1.70. The van der Waals surface area contributed by atoms with Crippen molar-refractivity contribution < 1.29 is 4.79 Å². The number of hydrogen-bond donors (Lipinski definition) is 1. The van der Waals surface area contributed by atoms with E-state index in [1.807, 2.05) is 0 Å². The van der Waals surface area contributed by atoms with Crippen LogP contribution in [0.3, 0.4) is 0 Å². The van der Waals surface area contributed by atoms with E-state index in [0.717, 1.165) is 10.4 Å². The maximum Gasteiger partial charge on any atom is 0.267 e. The molecule has 4 nitrogen and oxygen atoms in total. The molecule has 0 unspecified atom stereocenters. The van der Waals surface area contributed by atoms with E-state index < -0.39 is 5.91 Å². The standard InChI is InChI=1S/C9H6ClN3OS/c10-8-2-5(7-3-12-4-15-7)1-6(13-8)9(11)14/h1-4H,(H2,11,14). The van der Waals surface area contributed by atoms with E-state index in [2.05, 4.69) is 9.97 Å². The van der Waals surface area contributed by atoms with Gasteiger partial charge in [-0.25, -0.2) is 4.98 Å². The minimum absolute atomic E-state index is 0.158. The minimum atomic E-state index is -0.594. The molecule has 2 aromatic rings. The zero-order valence-corrected chi connectivity index (χ0v) is 9.05. The first kappa shape index (κ1) is 10.1. The molecule has 0 aliphatic rings. The lowest BCUT2D eigenvalue weighted by Gasteiger charge is -2.00. The Bertz CT molecular complexity index is 498. The molecule has 15 heavy (non-hydrogen) atoms. The lowest BCUT2D eigenvalue weighted by atomic mass is 10.2. The molecule has 0 atom stereocenters. The predicted octanol–water partition coefficient (Wildman–Crippen LogP) is 1.96. The molecule has 6 heteroatoms. The van der Waals surface area contributed by atoms with E-state index in [4.69, 9.17) is 17.3 Å². The van der Waals surface area contributed by atoms with Crippen LogP contribution in [0.25, 0.3) is 10.4 Å². The fraction of sp³-hybridized carbons (Fsp3) is 0. The molecule has 0 bridgehead atoms. The number of carbonyl (C=O) groups excluding carboxylic acids is 1. The van der Waals surface area contributed by atoms with Crippen molar-refractivity contribution >= 4 is 28.8 Å². The van der Waals surface area contributed by atoms with E-state index in [-0.39, 0.29) is 10.8 Å². The van der Waals surface area contributed by atoms with Gasteiger partial charge in [-0.05, 0) is 17.7 Å². The number of thiazole rings is 1. The van der Waals surface area contributed by atoms with Crippen molar-refractivity contribution in [3.8, 4) is 10.4 Å². The van der Waals surface area contributed by atoms with Gasteiger partial charge in [0.1, 0.15) is 10.8 Å². The lowest BCUT2D eigenvalue weighted by Crippen LogP contribution is -2.13. The maximum absolute atomic E-state index is 11.0. The minimum Gasteiger partial charge on any atom is -0.364 e. The summed E-state index contributed by atoms with van der Waals surface area (Å²) in [4.78, 5) is 19.6. The van der Waals surface area contributed by atoms with Crippen LogP contribution in [0.1, 0.15) is 10.5 Å². The zero-order chi connectivity index (χ0) is 10.8. The summed E-state index contributed by atoms with van der Waals surface area (Å²) >= 11 is 7.23. The van der Waals surface area contributed by atoms with E-state index >= 15 is 0 Å².